The van der Waals surface area contributed by atoms with Crippen LogP contribution in [0.1, 0.15) is 24.9 Å². The third kappa shape index (κ3) is 2.68. The summed E-state index contributed by atoms with van der Waals surface area (Å²) in [7, 11) is 0. The largest absolute Gasteiger partial charge is 0.454 e. The molecule has 20 heavy (non-hydrogen) atoms. The van der Waals surface area contributed by atoms with Gasteiger partial charge in [-0.2, -0.15) is 0 Å². The molecule has 0 aromatic heterocycles. The molecule has 4 heteroatoms. The Kier molecular flexibility index (Phi) is 3.70. The molecule has 3 nitrogen and oxygen atoms in total. The maximum Gasteiger partial charge on any atom is 0.231 e. The molecule has 0 spiro atoms. The van der Waals surface area contributed by atoms with Crippen molar-refractivity contribution in [1.29, 1.82) is 0 Å². The third-order valence-electron chi connectivity index (χ3n) is 3.39. The summed E-state index contributed by atoms with van der Waals surface area (Å²) >= 11 is 5.93. The van der Waals surface area contributed by atoms with Gasteiger partial charge < -0.3 is 14.8 Å². The van der Waals surface area contributed by atoms with Gasteiger partial charge in [-0.3, -0.25) is 0 Å². The molecule has 1 aliphatic rings. The number of nitrogens with one attached hydrogen (secondary N) is 1. The Balaban J connectivity index is 1.79. The van der Waals surface area contributed by atoms with Crippen molar-refractivity contribution in [3.63, 3.8) is 0 Å². The number of halogens is 1. The Morgan fingerprint density at radius 1 is 1.10 bits per heavy atom. The van der Waals surface area contributed by atoms with Crippen LogP contribution >= 0.6 is 11.6 Å². The zero-order chi connectivity index (χ0) is 13.9. The van der Waals surface area contributed by atoms with Gasteiger partial charge in [0.15, 0.2) is 11.5 Å². The first kappa shape index (κ1) is 13.1. The zero-order valence-corrected chi connectivity index (χ0v) is 12.0. The molecule has 0 fully saturated rings. The fraction of sp³-hybridized carbons (Fsp3) is 0.250. The van der Waals surface area contributed by atoms with Gasteiger partial charge in [-0.1, -0.05) is 30.7 Å². The summed E-state index contributed by atoms with van der Waals surface area (Å²) in [6.45, 7) is 2.45. The normalized spacial score (nSPS) is 14.1. The molecule has 1 heterocycles. The van der Waals surface area contributed by atoms with E-state index in [0.717, 1.165) is 28.6 Å². The number of hydrogen-bond acceptors (Lipinski definition) is 3. The highest BCUT2D eigenvalue weighted by atomic mass is 35.5. The molecule has 0 amide bonds. The first-order valence-electron chi connectivity index (χ1n) is 6.68. The Morgan fingerprint density at radius 3 is 2.60 bits per heavy atom. The lowest BCUT2D eigenvalue weighted by Crippen LogP contribution is -2.09. The standard InChI is InChI=1S/C16H16ClNO2/c1-2-14(11-3-5-12(17)6-4-11)18-13-7-8-15-16(9-13)20-10-19-15/h3-9,14,18H,2,10H2,1H3. The highest BCUT2D eigenvalue weighted by Gasteiger charge is 2.15. The Bertz CT molecular complexity index is 598. The number of benzene rings is 2. The predicted molar refractivity (Wildman–Crippen MR) is 80.7 cm³/mol. The van der Waals surface area contributed by atoms with Crippen molar-refractivity contribution in [2.75, 3.05) is 12.1 Å². The van der Waals surface area contributed by atoms with Crippen molar-refractivity contribution >= 4 is 17.3 Å². The van der Waals surface area contributed by atoms with Crippen molar-refractivity contribution in [1.82, 2.24) is 0 Å². The van der Waals surface area contributed by atoms with Crippen LogP contribution in [0.15, 0.2) is 42.5 Å². The van der Waals surface area contributed by atoms with Gasteiger partial charge in [-0.25, -0.2) is 0 Å². The van der Waals surface area contributed by atoms with Gasteiger partial charge >= 0.3 is 0 Å². The van der Waals surface area contributed by atoms with E-state index in [1.807, 2.05) is 30.3 Å². The molecule has 1 aliphatic heterocycles. The lowest BCUT2D eigenvalue weighted by Gasteiger charge is -2.19. The lowest BCUT2D eigenvalue weighted by molar-refractivity contribution is 0.174. The minimum atomic E-state index is 0.243. The summed E-state index contributed by atoms with van der Waals surface area (Å²) in [6.07, 6.45) is 0.982. The Hall–Kier alpha value is -1.87. The molecular weight excluding hydrogens is 274 g/mol. The molecule has 1 atom stereocenters. The van der Waals surface area contributed by atoms with E-state index in [1.165, 1.54) is 5.56 Å². The maximum absolute atomic E-state index is 5.93. The van der Waals surface area contributed by atoms with Crippen LogP contribution in [0.25, 0.3) is 0 Å². The van der Waals surface area contributed by atoms with Crippen molar-refractivity contribution in [2.24, 2.45) is 0 Å². The van der Waals surface area contributed by atoms with E-state index < -0.39 is 0 Å². The second kappa shape index (κ2) is 5.63. The quantitative estimate of drug-likeness (QED) is 0.890. The summed E-state index contributed by atoms with van der Waals surface area (Å²) < 4.78 is 10.7. The molecule has 2 aromatic carbocycles. The summed E-state index contributed by atoms with van der Waals surface area (Å²) in [4.78, 5) is 0. The number of anilines is 1. The smallest absolute Gasteiger partial charge is 0.231 e. The topological polar surface area (TPSA) is 30.5 Å². The van der Waals surface area contributed by atoms with Gasteiger partial charge in [0.2, 0.25) is 6.79 Å². The second-order valence-corrected chi connectivity index (χ2v) is 5.16. The van der Waals surface area contributed by atoms with Gasteiger partial charge in [0.25, 0.3) is 0 Å². The van der Waals surface area contributed by atoms with Crippen LogP contribution in [-0.4, -0.2) is 6.79 Å². The molecule has 0 aliphatic carbocycles. The van der Waals surface area contributed by atoms with Gasteiger partial charge in [0, 0.05) is 16.8 Å². The average Bonchev–Trinajstić information content (AvgIpc) is 2.93. The first-order valence-corrected chi connectivity index (χ1v) is 7.05. The van der Waals surface area contributed by atoms with Crippen LogP contribution in [-0.2, 0) is 0 Å². The van der Waals surface area contributed by atoms with E-state index in [9.17, 15) is 0 Å². The minimum Gasteiger partial charge on any atom is -0.454 e. The molecule has 0 saturated carbocycles. The predicted octanol–water partition coefficient (Wildman–Crippen LogP) is 4.63. The molecular formula is C16H16ClNO2. The van der Waals surface area contributed by atoms with Gasteiger partial charge in [-0.05, 0) is 36.2 Å². The van der Waals surface area contributed by atoms with E-state index in [0.29, 0.717) is 6.79 Å². The fourth-order valence-corrected chi connectivity index (χ4v) is 2.43. The highest BCUT2D eigenvalue weighted by Crippen LogP contribution is 2.35. The minimum absolute atomic E-state index is 0.243. The van der Waals surface area contributed by atoms with Crippen LogP contribution in [0, 0.1) is 0 Å². The summed E-state index contributed by atoms with van der Waals surface area (Å²) in [5.41, 5.74) is 2.24. The van der Waals surface area contributed by atoms with Crippen molar-refractivity contribution in [3.05, 3.63) is 53.1 Å². The van der Waals surface area contributed by atoms with E-state index in [2.05, 4.69) is 24.4 Å². The fourth-order valence-electron chi connectivity index (χ4n) is 2.30. The summed E-state index contributed by atoms with van der Waals surface area (Å²) in [5, 5.41) is 4.27. The molecule has 0 bridgehead atoms. The maximum atomic E-state index is 5.93. The molecule has 1 unspecified atom stereocenters. The van der Waals surface area contributed by atoms with Crippen LogP contribution in [0.5, 0.6) is 11.5 Å². The molecule has 3 rings (SSSR count). The summed E-state index contributed by atoms with van der Waals surface area (Å²) in [5.74, 6) is 1.59. The van der Waals surface area contributed by atoms with E-state index in [1.54, 1.807) is 0 Å². The van der Waals surface area contributed by atoms with Gasteiger partial charge in [-0.15, -0.1) is 0 Å². The SMILES string of the molecule is CCC(Nc1ccc2c(c1)OCO2)c1ccc(Cl)cc1. The molecule has 0 radical (unpaired) electrons. The van der Waals surface area contributed by atoms with Crippen LogP contribution in [0.2, 0.25) is 5.02 Å². The summed E-state index contributed by atoms with van der Waals surface area (Å²) in [6, 6.07) is 14.1. The molecule has 104 valence electrons. The van der Waals surface area contributed by atoms with Crippen LogP contribution in [0.4, 0.5) is 5.69 Å². The number of hydrogen-bond donors (Lipinski definition) is 1. The first-order chi connectivity index (χ1) is 9.76. The number of rotatable bonds is 4. The van der Waals surface area contributed by atoms with E-state index in [4.69, 9.17) is 21.1 Å². The number of fused-ring (bicyclic) bond motifs is 1. The van der Waals surface area contributed by atoms with Gasteiger partial charge in [0.1, 0.15) is 0 Å². The van der Waals surface area contributed by atoms with Crippen molar-refractivity contribution in [2.45, 2.75) is 19.4 Å². The van der Waals surface area contributed by atoms with Crippen LogP contribution in [0.3, 0.4) is 0 Å². The Labute approximate surface area is 123 Å². The van der Waals surface area contributed by atoms with E-state index >= 15 is 0 Å². The van der Waals surface area contributed by atoms with E-state index in [-0.39, 0.29) is 6.04 Å². The molecule has 0 saturated heterocycles. The highest BCUT2D eigenvalue weighted by molar-refractivity contribution is 6.30. The van der Waals surface area contributed by atoms with Crippen molar-refractivity contribution < 1.29 is 9.47 Å². The van der Waals surface area contributed by atoms with Crippen LogP contribution < -0.4 is 14.8 Å². The van der Waals surface area contributed by atoms with Gasteiger partial charge in [0.05, 0.1) is 6.04 Å². The van der Waals surface area contributed by atoms with Crippen molar-refractivity contribution in [3.8, 4) is 11.5 Å². The average molecular weight is 290 g/mol. The number of ether oxygens (including phenoxy) is 2. The third-order valence-corrected chi connectivity index (χ3v) is 3.65. The lowest BCUT2D eigenvalue weighted by atomic mass is 10.0. The Morgan fingerprint density at radius 2 is 1.85 bits per heavy atom. The molecule has 2 aromatic rings. The zero-order valence-electron chi connectivity index (χ0n) is 11.2. The molecule has 1 N–H and O–H groups in total. The second-order valence-electron chi connectivity index (χ2n) is 4.72. The monoisotopic (exact) mass is 289 g/mol.